The lowest BCUT2D eigenvalue weighted by atomic mass is 9.96. The van der Waals surface area contributed by atoms with E-state index in [4.69, 9.17) is 9.73 Å². The van der Waals surface area contributed by atoms with Crippen LogP contribution in [0.5, 0.6) is 0 Å². The molecular formula is C32H36N2O2. The third-order valence-corrected chi connectivity index (χ3v) is 6.02. The predicted molar refractivity (Wildman–Crippen MR) is 149 cm³/mol. The van der Waals surface area contributed by atoms with Crippen molar-refractivity contribution in [3.05, 3.63) is 133 Å². The van der Waals surface area contributed by atoms with E-state index < -0.39 is 6.04 Å². The molecule has 3 aromatic rings. The zero-order chi connectivity index (χ0) is 25.6. The van der Waals surface area contributed by atoms with Crippen LogP contribution in [0.15, 0.2) is 121 Å². The highest BCUT2D eigenvalue weighted by Gasteiger charge is 2.33. The van der Waals surface area contributed by atoms with E-state index in [1.165, 1.54) is 5.56 Å². The summed E-state index contributed by atoms with van der Waals surface area (Å²) in [5.41, 5.74) is 3.91. The lowest BCUT2D eigenvalue weighted by Crippen LogP contribution is -2.48. The smallest absolute Gasteiger partial charge is 0.332 e. The minimum Gasteiger partial charge on any atom is -0.464 e. The second-order valence-corrected chi connectivity index (χ2v) is 8.53. The van der Waals surface area contributed by atoms with E-state index in [9.17, 15) is 4.79 Å². The van der Waals surface area contributed by atoms with Gasteiger partial charge in [-0.1, -0.05) is 103 Å². The van der Waals surface area contributed by atoms with Gasteiger partial charge >= 0.3 is 5.97 Å². The van der Waals surface area contributed by atoms with Crippen LogP contribution < -0.4 is 0 Å². The minimum absolute atomic E-state index is 0.206. The molecule has 0 aromatic heterocycles. The number of esters is 1. The molecular weight excluding hydrogens is 444 g/mol. The summed E-state index contributed by atoms with van der Waals surface area (Å²) in [5.74, 6) is -0.321. The summed E-state index contributed by atoms with van der Waals surface area (Å²) in [6.07, 6.45) is 5.27. The molecule has 2 unspecified atom stereocenters. The van der Waals surface area contributed by atoms with Gasteiger partial charge in [0.2, 0.25) is 0 Å². The molecule has 4 nitrogen and oxygen atoms in total. The van der Waals surface area contributed by atoms with Gasteiger partial charge in [0.25, 0.3) is 0 Å². The Morgan fingerprint density at radius 1 is 0.861 bits per heavy atom. The summed E-state index contributed by atoms with van der Waals surface area (Å²) in [5, 5.41) is 0. The average Bonchev–Trinajstić information content (AvgIpc) is 2.92. The fraction of sp³-hybridized carbons (Fsp3) is 0.250. The number of aryl methyl sites for hydroxylation is 1. The number of ether oxygens (including phenoxy) is 1. The van der Waals surface area contributed by atoms with E-state index in [0.717, 1.165) is 29.7 Å². The van der Waals surface area contributed by atoms with Crippen molar-refractivity contribution in [2.75, 3.05) is 19.7 Å². The molecule has 2 atom stereocenters. The zero-order valence-electron chi connectivity index (χ0n) is 21.1. The molecule has 0 amide bonds. The summed E-state index contributed by atoms with van der Waals surface area (Å²) in [7, 11) is 0. The zero-order valence-corrected chi connectivity index (χ0v) is 21.1. The summed E-state index contributed by atoms with van der Waals surface area (Å²) < 4.78 is 5.59. The first kappa shape index (κ1) is 26.8. The quantitative estimate of drug-likeness (QED) is 0.158. The molecule has 0 bridgehead atoms. The molecule has 0 heterocycles. The van der Waals surface area contributed by atoms with Crippen LogP contribution in [0.3, 0.4) is 0 Å². The van der Waals surface area contributed by atoms with E-state index in [1.807, 2.05) is 97.9 Å². The third kappa shape index (κ3) is 7.62. The van der Waals surface area contributed by atoms with Gasteiger partial charge in [-0.3, -0.25) is 9.89 Å². The Bertz CT molecular complexity index is 1060. The van der Waals surface area contributed by atoms with Gasteiger partial charge in [0.05, 0.1) is 12.3 Å². The van der Waals surface area contributed by atoms with Gasteiger partial charge in [-0.05, 0) is 25.3 Å². The molecule has 36 heavy (non-hydrogen) atoms. The lowest BCUT2D eigenvalue weighted by molar-refractivity contribution is -0.146. The Morgan fingerprint density at radius 2 is 1.36 bits per heavy atom. The number of benzene rings is 3. The highest BCUT2D eigenvalue weighted by atomic mass is 16.5. The normalized spacial score (nSPS) is 12.4. The lowest BCUT2D eigenvalue weighted by Gasteiger charge is -2.34. The molecule has 3 rings (SSSR count). The molecule has 0 radical (unpaired) electrons. The molecule has 4 heteroatoms. The van der Waals surface area contributed by atoms with E-state index in [0.29, 0.717) is 19.7 Å². The molecule has 0 fully saturated rings. The van der Waals surface area contributed by atoms with E-state index in [2.05, 4.69) is 30.2 Å². The van der Waals surface area contributed by atoms with Gasteiger partial charge in [0.15, 0.2) is 6.04 Å². The monoisotopic (exact) mass is 480 g/mol. The van der Waals surface area contributed by atoms with Crippen molar-refractivity contribution in [2.45, 2.75) is 31.8 Å². The summed E-state index contributed by atoms with van der Waals surface area (Å²) in [6, 6.07) is 29.4. The number of aliphatic imine (C=N–C) groups is 1. The first-order valence-electron chi connectivity index (χ1n) is 12.5. The Morgan fingerprint density at radius 3 is 1.83 bits per heavy atom. The van der Waals surface area contributed by atoms with E-state index >= 15 is 0 Å². The Labute approximate surface area is 215 Å². The van der Waals surface area contributed by atoms with Crippen molar-refractivity contribution in [1.82, 2.24) is 4.90 Å². The molecule has 0 spiro atoms. The standard InChI is InChI=1S/C32H36N2O2/c1-4-24-34(25-5-2)29(23-22-26-16-10-7-11-17-26)31(32(35)36-6-3)33-30(27-18-12-8-13-19-27)28-20-14-9-15-21-28/h4-5,7-21,29,31H,1-2,6,22-25H2,3H3. The minimum atomic E-state index is -0.719. The maximum absolute atomic E-state index is 13.5. The topological polar surface area (TPSA) is 41.9 Å². The molecule has 0 aliphatic heterocycles. The predicted octanol–water partition coefficient (Wildman–Crippen LogP) is 6.13. The van der Waals surface area contributed by atoms with Gasteiger partial charge in [-0.25, -0.2) is 4.79 Å². The average molecular weight is 481 g/mol. The van der Waals surface area contributed by atoms with Crippen molar-refractivity contribution < 1.29 is 9.53 Å². The number of carbonyl (C=O) groups is 1. The Kier molecular flexibility index (Phi) is 10.9. The molecule has 3 aromatic carbocycles. The third-order valence-electron chi connectivity index (χ3n) is 6.02. The fourth-order valence-corrected chi connectivity index (χ4v) is 4.35. The Balaban J connectivity index is 2.12. The van der Waals surface area contributed by atoms with Crippen molar-refractivity contribution in [2.24, 2.45) is 4.99 Å². The second-order valence-electron chi connectivity index (χ2n) is 8.53. The first-order valence-corrected chi connectivity index (χ1v) is 12.5. The van der Waals surface area contributed by atoms with Crippen molar-refractivity contribution in [1.29, 1.82) is 0 Å². The van der Waals surface area contributed by atoms with Crippen LogP contribution >= 0.6 is 0 Å². The number of hydrogen-bond donors (Lipinski definition) is 0. The van der Waals surface area contributed by atoms with Crippen LogP contribution in [-0.4, -0.2) is 48.4 Å². The first-order chi connectivity index (χ1) is 17.7. The van der Waals surface area contributed by atoms with Crippen LogP contribution in [0, 0.1) is 0 Å². The number of rotatable bonds is 14. The Hall–Kier alpha value is -3.76. The fourth-order valence-electron chi connectivity index (χ4n) is 4.35. The highest BCUT2D eigenvalue weighted by molar-refractivity contribution is 6.13. The van der Waals surface area contributed by atoms with Crippen LogP contribution in [0.4, 0.5) is 0 Å². The molecule has 0 aliphatic carbocycles. The highest BCUT2D eigenvalue weighted by Crippen LogP contribution is 2.21. The summed E-state index contributed by atoms with van der Waals surface area (Å²) in [6.45, 7) is 11.3. The largest absolute Gasteiger partial charge is 0.464 e. The van der Waals surface area contributed by atoms with Crippen LogP contribution in [0.1, 0.15) is 30.0 Å². The molecule has 0 aliphatic rings. The van der Waals surface area contributed by atoms with Crippen LogP contribution in [0.2, 0.25) is 0 Å². The molecule has 0 N–H and O–H groups in total. The molecule has 0 saturated carbocycles. The summed E-state index contributed by atoms with van der Waals surface area (Å²) >= 11 is 0. The summed E-state index contributed by atoms with van der Waals surface area (Å²) in [4.78, 5) is 20.9. The van der Waals surface area contributed by atoms with Gasteiger partial charge in [0, 0.05) is 30.3 Å². The van der Waals surface area contributed by atoms with Gasteiger partial charge in [-0.15, -0.1) is 13.2 Å². The van der Waals surface area contributed by atoms with Gasteiger partial charge in [-0.2, -0.15) is 0 Å². The van der Waals surface area contributed by atoms with Gasteiger partial charge in [0.1, 0.15) is 0 Å². The van der Waals surface area contributed by atoms with E-state index in [1.54, 1.807) is 0 Å². The number of carbonyl (C=O) groups excluding carboxylic acids is 1. The molecule has 0 saturated heterocycles. The van der Waals surface area contributed by atoms with Crippen LogP contribution in [0.25, 0.3) is 0 Å². The number of nitrogens with zero attached hydrogens (tertiary/aromatic N) is 2. The second kappa shape index (κ2) is 14.6. The maximum Gasteiger partial charge on any atom is 0.332 e. The van der Waals surface area contributed by atoms with Crippen LogP contribution in [-0.2, 0) is 16.0 Å². The SMILES string of the molecule is C=CCN(CC=C)C(CCc1ccccc1)C(N=C(c1ccccc1)c1ccccc1)C(=O)OCC. The number of hydrogen-bond acceptors (Lipinski definition) is 4. The maximum atomic E-state index is 13.5. The van der Waals surface area contributed by atoms with Gasteiger partial charge < -0.3 is 4.74 Å². The van der Waals surface area contributed by atoms with Crippen molar-refractivity contribution in [3.63, 3.8) is 0 Å². The molecule has 186 valence electrons. The van der Waals surface area contributed by atoms with Crippen molar-refractivity contribution >= 4 is 11.7 Å². The van der Waals surface area contributed by atoms with Crippen molar-refractivity contribution in [3.8, 4) is 0 Å². The van der Waals surface area contributed by atoms with E-state index in [-0.39, 0.29) is 12.0 Å².